The summed E-state index contributed by atoms with van der Waals surface area (Å²) < 4.78 is 16.2. The van der Waals surface area contributed by atoms with Crippen molar-refractivity contribution in [3.63, 3.8) is 0 Å². The number of rotatable bonds is 5. The summed E-state index contributed by atoms with van der Waals surface area (Å²) in [7, 11) is 3.11. The van der Waals surface area contributed by atoms with E-state index < -0.39 is 0 Å². The van der Waals surface area contributed by atoms with Gasteiger partial charge in [-0.15, -0.1) is 0 Å². The predicted octanol–water partition coefficient (Wildman–Crippen LogP) is 2.84. The Morgan fingerprint density at radius 3 is 2.67 bits per heavy atom. The number of carbonyl (C=O) groups excluding carboxylic acids is 1. The van der Waals surface area contributed by atoms with Crippen molar-refractivity contribution in [3.8, 4) is 17.2 Å². The molecule has 2 rings (SSSR count). The third-order valence-electron chi connectivity index (χ3n) is 3.14. The molecule has 1 aromatic carbocycles. The Hall–Kier alpha value is -1.71. The molecule has 0 fully saturated rings. The van der Waals surface area contributed by atoms with Gasteiger partial charge in [0.15, 0.2) is 17.6 Å². The molecule has 0 aromatic heterocycles. The first-order chi connectivity index (χ1) is 8.72. The fraction of sp³-hybridized carbons (Fsp3) is 0.500. The fourth-order valence-electron chi connectivity index (χ4n) is 2.16. The Kier molecular flexibility index (Phi) is 3.75. The van der Waals surface area contributed by atoms with E-state index in [1.54, 1.807) is 26.4 Å². The SMILES string of the molecule is CCCCC1Oc2c(ccc(OC)c2OC)C1=O. The van der Waals surface area contributed by atoms with Crippen LogP contribution in [0.1, 0.15) is 36.5 Å². The van der Waals surface area contributed by atoms with Crippen molar-refractivity contribution in [2.45, 2.75) is 32.3 Å². The molecule has 0 bridgehead atoms. The zero-order valence-corrected chi connectivity index (χ0v) is 11.0. The summed E-state index contributed by atoms with van der Waals surface area (Å²) in [5.74, 6) is 1.64. The first-order valence-electron chi connectivity index (χ1n) is 6.18. The van der Waals surface area contributed by atoms with Crippen molar-refractivity contribution in [1.82, 2.24) is 0 Å². The van der Waals surface area contributed by atoms with Crippen LogP contribution in [0.15, 0.2) is 12.1 Å². The first kappa shape index (κ1) is 12.7. The van der Waals surface area contributed by atoms with Crippen LogP contribution < -0.4 is 14.2 Å². The standard InChI is InChI=1S/C14H18O4/c1-4-5-6-10-12(15)9-7-8-11(16-2)14(17-3)13(9)18-10/h7-8,10H,4-6H2,1-3H3. The molecule has 1 heterocycles. The summed E-state index contributed by atoms with van der Waals surface area (Å²) in [6.07, 6.45) is 2.39. The van der Waals surface area contributed by atoms with Crippen LogP contribution >= 0.6 is 0 Å². The second-order valence-corrected chi connectivity index (χ2v) is 4.29. The fourth-order valence-corrected chi connectivity index (χ4v) is 2.16. The minimum Gasteiger partial charge on any atom is -0.493 e. The molecule has 0 saturated heterocycles. The Balaban J connectivity index is 2.32. The zero-order valence-electron chi connectivity index (χ0n) is 11.0. The van der Waals surface area contributed by atoms with Crippen LogP contribution in [0.2, 0.25) is 0 Å². The van der Waals surface area contributed by atoms with Crippen LogP contribution in [-0.4, -0.2) is 26.1 Å². The average Bonchev–Trinajstić information content (AvgIpc) is 2.72. The number of methoxy groups -OCH3 is 2. The second kappa shape index (κ2) is 5.29. The molecule has 0 aliphatic carbocycles. The number of ether oxygens (including phenoxy) is 3. The Bertz CT molecular complexity index is 453. The molecule has 4 heteroatoms. The minimum atomic E-state index is -0.374. The van der Waals surface area contributed by atoms with Gasteiger partial charge in [-0.2, -0.15) is 0 Å². The van der Waals surface area contributed by atoms with Crippen molar-refractivity contribution in [3.05, 3.63) is 17.7 Å². The van der Waals surface area contributed by atoms with E-state index in [-0.39, 0.29) is 11.9 Å². The zero-order chi connectivity index (χ0) is 13.1. The molecule has 1 aromatic rings. The molecule has 98 valence electrons. The van der Waals surface area contributed by atoms with Crippen molar-refractivity contribution >= 4 is 5.78 Å². The molecule has 0 radical (unpaired) electrons. The lowest BCUT2D eigenvalue weighted by Gasteiger charge is -2.12. The van der Waals surface area contributed by atoms with E-state index in [0.29, 0.717) is 22.8 Å². The van der Waals surface area contributed by atoms with Gasteiger partial charge in [-0.05, 0) is 25.0 Å². The molecule has 0 amide bonds. The van der Waals surface area contributed by atoms with Crippen LogP contribution in [-0.2, 0) is 0 Å². The average molecular weight is 250 g/mol. The molecule has 1 aliphatic rings. The van der Waals surface area contributed by atoms with Crippen molar-refractivity contribution in [1.29, 1.82) is 0 Å². The van der Waals surface area contributed by atoms with Gasteiger partial charge in [-0.25, -0.2) is 0 Å². The summed E-state index contributed by atoms with van der Waals surface area (Å²) in [5, 5.41) is 0. The molecule has 1 unspecified atom stereocenters. The summed E-state index contributed by atoms with van der Waals surface area (Å²) >= 11 is 0. The van der Waals surface area contributed by atoms with Gasteiger partial charge < -0.3 is 14.2 Å². The van der Waals surface area contributed by atoms with E-state index >= 15 is 0 Å². The highest BCUT2D eigenvalue weighted by Gasteiger charge is 2.35. The van der Waals surface area contributed by atoms with E-state index in [1.165, 1.54) is 0 Å². The molecule has 4 nitrogen and oxygen atoms in total. The largest absolute Gasteiger partial charge is 0.493 e. The van der Waals surface area contributed by atoms with Gasteiger partial charge in [-0.3, -0.25) is 4.79 Å². The molecule has 1 atom stereocenters. The smallest absolute Gasteiger partial charge is 0.207 e. The van der Waals surface area contributed by atoms with Gasteiger partial charge in [0.2, 0.25) is 11.5 Å². The monoisotopic (exact) mass is 250 g/mol. The lowest BCUT2D eigenvalue weighted by atomic mass is 10.0. The first-order valence-corrected chi connectivity index (χ1v) is 6.18. The topological polar surface area (TPSA) is 44.8 Å². The number of benzene rings is 1. The number of fused-ring (bicyclic) bond motifs is 1. The molecule has 1 aliphatic heterocycles. The van der Waals surface area contributed by atoms with Crippen molar-refractivity contribution in [2.24, 2.45) is 0 Å². The normalized spacial score (nSPS) is 17.3. The van der Waals surface area contributed by atoms with Gasteiger partial charge in [-0.1, -0.05) is 13.3 Å². The van der Waals surface area contributed by atoms with E-state index in [9.17, 15) is 4.79 Å². The van der Waals surface area contributed by atoms with E-state index in [4.69, 9.17) is 14.2 Å². The number of hydrogen-bond donors (Lipinski definition) is 0. The molecule has 0 N–H and O–H groups in total. The third-order valence-corrected chi connectivity index (χ3v) is 3.14. The summed E-state index contributed by atoms with van der Waals surface area (Å²) in [5.41, 5.74) is 0.591. The maximum atomic E-state index is 12.1. The minimum absolute atomic E-state index is 0.0411. The van der Waals surface area contributed by atoms with Gasteiger partial charge in [0, 0.05) is 0 Å². The lowest BCUT2D eigenvalue weighted by Crippen LogP contribution is -2.19. The summed E-state index contributed by atoms with van der Waals surface area (Å²) in [6.45, 7) is 2.09. The second-order valence-electron chi connectivity index (χ2n) is 4.29. The number of unbranched alkanes of at least 4 members (excludes halogenated alkanes) is 1. The van der Waals surface area contributed by atoms with E-state index in [1.807, 2.05) is 0 Å². The van der Waals surface area contributed by atoms with Crippen LogP contribution in [0.3, 0.4) is 0 Å². The maximum absolute atomic E-state index is 12.1. The number of hydrogen-bond acceptors (Lipinski definition) is 4. The van der Waals surface area contributed by atoms with Crippen LogP contribution in [0.5, 0.6) is 17.2 Å². The van der Waals surface area contributed by atoms with Gasteiger partial charge in [0.05, 0.1) is 19.8 Å². The Labute approximate surface area is 107 Å². The van der Waals surface area contributed by atoms with Crippen LogP contribution in [0, 0.1) is 0 Å². The molecular weight excluding hydrogens is 232 g/mol. The quantitative estimate of drug-likeness (QED) is 0.806. The van der Waals surface area contributed by atoms with Gasteiger partial charge in [0.1, 0.15) is 0 Å². The third kappa shape index (κ3) is 2.03. The van der Waals surface area contributed by atoms with Crippen LogP contribution in [0.25, 0.3) is 0 Å². The summed E-state index contributed by atoms with van der Waals surface area (Å²) in [4.78, 5) is 12.1. The molecule has 18 heavy (non-hydrogen) atoms. The molecular formula is C14H18O4. The number of carbonyl (C=O) groups is 1. The molecule has 0 spiro atoms. The van der Waals surface area contributed by atoms with Gasteiger partial charge in [0.25, 0.3) is 0 Å². The van der Waals surface area contributed by atoms with Crippen molar-refractivity contribution < 1.29 is 19.0 Å². The lowest BCUT2D eigenvalue weighted by molar-refractivity contribution is 0.0841. The maximum Gasteiger partial charge on any atom is 0.207 e. The summed E-state index contributed by atoms with van der Waals surface area (Å²) in [6, 6.07) is 3.48. The van der Waals surface area contributed by atoms with E-state index in [2.05, 4.69) is 6.92 Å². The Morgan fingerprint density at radius 1 is 1.28 bits per heavy atom. The predicted molar refractivity (Wildman–Crippen MR) is 67.8 cm³/mol. The number of ketones is 1. The van der Waals surface area contributed by atoms with E-state index in [0.717, 1.165) is 19.3 Å². The highest BCUT2D eigenvalue weighted by Crippen LogP contribution is 2.44. The number of Topliss-reactive ketones (excluding diaryl/α,β-unsaturated/α-hetero) is 1. The molecule has 0 saturated carbocycles. The van der Waals surface area contributed by atoms with Gasteiger partial charge >= 0.3 is 0 Å². The highest BCUT2D eigenvalue weighted by molar-refractivity contribution is 6.05. The highest BCUT2D eigenvalue weighted by atomic mass is 16.5. The Morgan fingerprint density at radius 2 is 2.06 bits per heavy atom. The van der Waals surface area contributed by atoms with Crippen molar-refractivity contribution in [2.75, 3.05) is 14.2 Å². The van der Waals surface area contributed by atoms with Crippen LogP contribution in [0.4, 0.5) is 0 Å².